The van der Waals surface area contributed by atoms with Crippen LogP contribution in [0.4, 0.5) is 5.69 Å². The average molecular weight is 321 g/mol. The first-order chi connectivity index (χ1) is 11.7. The van der Waals surface area contributed by atoms with Crippen LogP contribution in [0.3, 0.4) is 0 Å². The first-order valence-electron chi connectivity index (χ1n) is 7.24. The lowest BCUT2D eigenvalue weighted by Crippen LogP contribution is -2.13. The van der Waals surface area contributed by atoms with Crippen LogP contribution in [-0.4, -0.2) is 20.9 Å². The fraction of sp³-hybridized carbons (Fsp3) is 0.0588. The summed E-state index contributed by atoms with van der Waals surface area (Å²) >= 11 is 0. The summed E-state index contributed by atoms with van der Waals surface area (Å²) in [4.78, 5) is 24.0. The van der Waals surface area contributed by atoms with Crippen LogP contribution in [0.15, 0.2) is 61.3 Å². The molecule has 3 N–H and O–H groups in total. The van der Waals surface area contributed by atoms with E-state index in [1.54, 1.807) is 48.8 Å². The van der Waals surface area contributed by atoms with E-state index in [2.05, 4.69) is 20.3 Å². The van der Waals surface area contributed by atoms with Crippen molar-refractivity contribution >= 4 is 11.6 Å². The Labute approximate surface area is 138 Å². The molecule has 0 spiro atoms. The molecule has 2 aromatic heterocycles. The van der Waals surface area contributed by atoms with Crippen molar-refractivity contribution in [3.8, 4) is 11.6 Å². The summed E-state index contributed by atoms with van der Waals surface area (Å²) in [5.41, 5.74) is 7.46. The van der Waals surface area contributed by atoms with E-state index in [0.29, 0.717) is 29.4 Å². The SMILES string of the molecule is NCc1cncc(C(=O)Nc2ccc(Oc3ccncn3)cc2)c1. The molecular weight excluding hydrogens is 306 g/mol. The lowest BCUT2D eigenvalue weighted by Gasteiger charge is -2.08. The number of benzene rings is 1. The molecule has 0 saturated carbocycles. The number of carbonyl (C=O) groups is 1. The van der Waals surface area contributed by atoms with Crippen molar-refractivity contribution in [2.75, 3.05) is 5.32 Å². The second-order valence-electron chi connectivity index (χ2n) is 4.91. The molecule has 7 heteroatoms. The van der Waals surface area contributed by atoms with E-state index in [1.165, 1.54) is 12.5 Å². The standard InChI is InChI=1S/C17H15N5O2/c18-8-12-7-13(10-20-9-12)17(23)22-14-1-3-15(4-2-14)24-16-5-6-19-11-21-16/h1-7,9-11H,8,18H2,(H,22,23). The highest BCUT2D eigenvalue weighted by atomic mass is 16.5. The average Bonchev–Trinajstić information content (AvgIpc) is 2.64. The van der Waals surface area contributed by atoms with E-state index < -0.39 is 0 Å². The maximum atomic E-state index is 12.2. The number of nitrogens with two attached hydrogens (primary N) is 1. The predicted molar refractivity (Wildman–Crippen MR) is 88.6 cm³/mol. The van der Waals surface area contributed by atoms with Crippen LogP contribution in [0.2, 0.25) is 0 Å². The fourth-order valence-electron chi connectivity index (χ4n) is 1.99. The van der Waals surface area contributed by atoms with Gasteiger partial charge in [-0.05, 0) is 35.9 Å². The van der Waals surface area contributed by atoms with Crippen LogP contribution < -0.4 is 15.8 Å². The van der Waals surface area contributed by atoms with Crippen molar-refractivity contribution in [1.29, 1.82) is 0 Å². The van der Waals surface area contributed by atoms with E-state index in [4.69, 9.17) is 10.5 Å². The maximum Gasteiger partial charge on any atom is 0.257 e. The van der Waals surface area contributed by atoms with Crippen LogP contribution >= 0.6 is 0 Å². The third-order valence-corrected chi connectivity index (χ3v) is 3.18. The van der Waals surface area contributed by atoms with E-state index in [0.717, 1.165) is 5.56 Å². The zero-order valence-electron chi connectivity index (χ0n) is 12.7. The largest absolute Gasteiger partial charge is 0.439 e. The third-order valence-electron chi connectivity index (χ3n) is 3.18. The van der Waals surface area contributed by atoms with E-state index >= 15 is 0 Å². The van der Waals surface area contributed by atoms with Gasteiger partial charge in [0.2, 0.25) is 5.88 Å². The van der Waals surface area contributed by atoms with Gasteiger partial charge in [0.05, 0.1) is 5.56 Å². The molecule has 0 fully saturated rings. The minimum absolute atomic E-state index is 0.248. The molecule has 0 saturated heterocycles. The molecule has 0 aliphatic carbocycles. The summed E-state index contributed by atoms with van der Waals surface area (Å²) in [6.07, 6.45) is 6.14. The summed E-state index contributed by atoms with van der Waals surface area (Å²) in [5, 5.41) is 2.80. The normalized spacial score (nSPS) is 10.2. The van der Waals surface area contributed by atoms with Crippen LogP contribution in [0.25, 0.3) is 0 Å². The monoisotopic (exact) mass is 321 g/mol. The number of ether oxygens (including phenoxy) is 1. The van der Waals surface area contributed by atoms with Crippen LogP contribution in [0, 0.1) is 0 Å². The van der Waals surface area contributed by atoms with Gasteiger partial charge in [0.25, 0.3) is 5.91 Å². The molecule has 1 amide bonds. The van der Waals surface area contributed by atoms with Crippen molar-refractivity contribution < 1.29 is 9.53 Å². The number of anilines is 1. The number of hydrogen-bond donors (Lipinski definition) is 2. The molecule has 0 atom stereocenters. The summed E-state index contributed by atoms with van der Waals surface area (Å²) in [7, 11) is 0. The van der Waals surface area contributed by atoms with E-state index in [9.17, 15) is 4.79 Å². The highest BCUT2D eigenvalue weighted by Gasteiger charge is 2.07. The Hall–Kier alpha value is -3.32. The summed E-state index contributed by atoms with van der Waals surface area (Å²) in [6.45, 7) is 0.337. The van der Waals surface area contributed by atoms with Crippen molar-refractivity contribution in [2.24, 2.45) is 5.73 Å². The quantitative estimate of drug-likeness (QED) is 0.748. The molecule has 1 aromatic carbocycles. The highest BCUT2D eigenvalue weighted by Crippen LogP contribution is 2.21. The van der Waals surface area contributed by atoms with Crippen molar-refractivity contribution in [2.45, 2.75) is 6.54 Å². The van der Waals surface area contributed by atoms with Gasteiger partial charge < -0.3 is 15.8 Å². The maximum absolute atomic E-state index is 12.2. The predicted octanol–water partition coefficient (Wildman–Crippen LogP) is 2.37. The second kappa shape index (κ2) is 7.30. The van der Waals surface area contributed by atoms with Gasteiger partial charge in [0, 0.05) is 36.9 Å². The van der Waals surface area contributed by atoms with E-state index in [1.807, 2.05) is 0 Å². The van der Waals surface area contributed by atoms with Crippen molar-refractivity contribution in [3.63, 3.8) is 0 Å². The molecule has 120 valence electrons. The summed E-state index contributed by atoms with van der Waals surface area (Å²) < 4.78 is 5.57. The zero-order chi connectivity index (χ0) is 16.8. The Bertz CT molecular complexity index is 822. The number of nitrogens with one attached hydrogen (secondary N) is 1. The first-order valence-corrected chi connectivity index (χ1v) is 7.24. The van der Waals surface area contributed by atoms with Gasteiger partial charge in [0.1, 0.15) is 12.1 Å². The Kier molecular flexibility index (Phi) is 4.73. The molecule has 24 heavy (non-hydrogen) atoms. The summed E-state index contributed by atoms with van der Waals surface area (Å²) in [6, 6.07) is 10.4. The molecule has 3 rings (SSSR count). The lowest BCUT2D eigenvalue weighted by atomic mass is 10.2. The number of pyridine rings is 1. The number of aromatic nitrogens is 3. The van der Waals surface area contributed by atoms with Gasteiger partial charge in [-0.15, -0.1) is 0 Å². The third kappa shape index (κ3) is 3.90. The molecule has 0 radical (unpaired) electrons. The Morgan fingerprint density at radius 1 is 1.12 bits per heavy atom. The smallest absolute Gasteiger partial charge is 0.257 e. The van der Waals surface area contributed by atoms with Gasteiger partial charge in [-0.2, -0.15) is 0 Å². The lowest BCUT2D eigenvalue weighted by molar-refractivity contribution is 0.102. The van der Waals surface area contributed by atoms with E-state index in [-0.39, 0.29) is 5.91 Å². The highest BCUT2D eigenvalue weighted by molar-refractivity contribution is 6.04. The number of nitrogens with zero attached hydrogens (tertiary/aromatic N) is 3. The fourth-order valence-corrected chi connectivity index (χ4v) is 1.99. The zero-order valence-corrected chi connectivity index (χ0v) is 12.7. The molecule has 2 heterocycles. The molecule has 7 nitrogen and oxygen atoms in total. The minimum Gasteiger partial charge on any atom is -0.439 e. The molecule has 0 aliphatic heterocycles. The minimum atomic E-state index is -0.248. The van der Waals surface area contributed by atoms with Gasteiger partial charge in [-0.25, -0.2) is 9.97 Å². The van der Waals surface area contributed by atoms with Gasteiger partial charge in [-0.1, -0.05) is 0 Å². The molecule has 0 bridgehead atoms. The Morgan fingerprint density at radius 2 is 1.96 bits per heavy atom. The molecule has 0 aliphatic rings. The number of carbonyl (C=O) groups excluding carboxylic acids is 1. The summed E-state index contributed by atoms with van der Waals surface area (Å²) in [5.74, 6) is 0.812. The Balaban J connectivity index is 1.66. The molecule has 0 unspecified atom stereocenters. The number of rotatable bonds is 5. The number of hydrogen-bond acceptors (Lipinski definition) is 6. The van der Waals surface area contributed by atoms with Crippen molar-refractivity contribution in [1.82, 2.24) is 15.0 Å². The van der Waals surface area contributed by atoms with Crippen LogP contribution in [0.5, 0.6) is 11.6 Å². The van der Waals surface area contributed by atoms with Gasteiger partial charge in [0.15, 0.2) is 0 Å². The second-order valence-corrected chi connectivity index (χ2v) is 4.91. The van der Waals surface area contributed by atoms with Crippen LogP contribution in [0.1, 0.15) is 15.9 Å². The first kappa shape index (κ1) is 15.6. The Morgan fingerprint density at radius 3 is 2.67 bits per heavy atom. The van der Waals surface area contributed by atoms with Crippen LogP contribution in [-0.2, 0) is 6.54 Å². The van der Waals surface area contributed by atoms with Gasteiger partial charge >= 0.3 is 0 Å². The molecule has 3 aromatic rings. The molecular formula is C17H15N5O2. The van der Waals surface area contributed by atoms with Crippen molar-refractivity contribution in [3.05, 3.63) is 72.4 Å². The topological polar surface area (TPSA) is 103 Å². The van der Waals surface area contributed by atoms with Gasteiger partial charge in [-0.3, -0.25) is 9.78 Å². The number of amides is 1.